The molecule has 1 saturated heterocycles. The van der Waals surface area contributed by atoms with E-state index in [9.17, 15) is 4.79 Å². The van der Waals surface area contributed by atoms with Gasteiger partial charge >= 0.3 is 0 Å². The van der Waals surface area contributed by atoms with E-state index in [1.807, 2.05) is 0 Å². The van der Waals surface area contributed by atoms with E-state index < -0.39 is 0 Å². The highest BCUT2D eigenvalue weighted by Gasteiger charge is 2.26. The van der Waals surface area contributed by atoms with Gasteiger partial charge in [0.1, 0.15) is 0 Å². The van der Waals surface area contributed by atoms with Crippen molar-refractivity contribution in [1.29, 1.82) is 0 Å². The summed E-state index contributed by atoms with van der Waals surface area (Å²) in [4.78, 5) is 11.7. The van der Waals surface area contributed by atoms with Gasteiger partial charge in [0.15, 0.2) is 0 Å². The fourth-order valence-electron chi connectivity index (χ4n) is 1.80. The maximum Gasteiger partial charge on any atom is 0.237 e. The standard InChI is InChI=1S/C12H24N2O/c1-9-7-10(14-8-9)11(15)13-6-5-12(2,3)4/h9-10,14H,5-8H2,1-4H3,(H,13,15)/t9-,10?/m1/s1. The van der Waals surface area contributed by atoms with E-state index >= 15 is 0 Å². The SMILES string of the molecule is C[C@H]1CNC(C(=O)NCCC(C)(C)C)C1. The summed E-state index contributed by atoms with van der Waals surface area (Å²) in [6.07, 6.45) is 2.00. The van der Waals surface area contributed by atoms with Crippen LogP contribution in [-0.4, -0.2) is 25.0 Å². The van der Waals surface area contributed by atoms with Gasteiger partial charge in [-0.15, -0.1) is 0 Å². The Morgan fingerprint density at radius 3 is 2.60 bits per heavy atom. The van der Waals surface area contributed by atoms with E-state index in [1.165, 1.54) is 0 Å². The summed E-state index contributed by atoms with van der Waals surface area (Å²) < 4.78 is 0. The zero-order chi connectivity index (χ0) is 11.5. The van der Waals surface area contributed by atoms with E-state index in [-0.39, 0.29) is 11.9 Å². The summed E-state index contributed by atoms with van der Waals surface area (Å²) in [6.45, 7) is 10.5. The topological polar surface area (TPSA) is 41.1 Å². The third-order valence-electron chi connectivity index (χ3n) is 2.84. The minimum atomic E-state index is 0.0416. The number of carbonyl (C=O) groups is 1. The molecule has 15 heavy (non-hydrogen) atoms. The summed E-state index contributed by atoms with van der Waals surface area (Å²) in [7, 11) is 0. The summed E-state index contributed by atoms with van der Waals surface area (Å²) in [5.41, 5.74) is 0.295. The van der Waals surface area contributed by atoms with Gasteiger partial charge in [0.2, 0.25) is 5.91 Å². The molecule has 0 aliphatic carbocycles. The Balaban J connectivity index is 2.19. The Bertz CT molecular complexity index is 220. The van der Waals surface area contributed by atoms with Crippen LogP contribution < -0.4 is 10.6 Å². The molecule has 0 bridgehead atoms. The Kier molecular flexibility index (Phi) is 4.14. The molecule has 0 aromatic heterocycles. The van der Waals surface area contributed by atoms with Crippen molar-refractivity contribution < 1.29 is 4.79 Å². The van der Waals surface area contributed by atoms with Crippen LogP contribution in [0.5, 0.6) is 0 Å². The second kappa shape index (κ2) is 4.97. The zero-order valence-electron chi connectivity index (χ0n) is 10.4. The van der Waals surface area contributed by atoms with Crippen LogP contribution in [0.4, 0.5) is 0 Å². The highest BCUT2D eigenvalue weighted by molar-refractivity contribution is 5.82. The fraction of sp³-hybridized carbons (Fsp3) is 0.917. The van der Waals surface area contributed by atoms with Gasteiger partial charge < -0.3 is 10.6 Å². The average molecular weight is 212 g/mol. The molecule has 1 amide bonds. The third kappa shape index (κ3) is 4.65. The fourth-order valence-corrected chi connectivity index (χ4v) is 1.80. The van der Waals surface area contributed by atoms with Crippen LogP contribution in [0.3, 0.4) is 0 Å². The van der Waals surface area contributed by atoms with Gasteiger partial charge in [0, 0.05) is 6.54 Å². The minimum absolute atomic E-state index is 0.0416. The van der Waals surface area contributed by atoms with Crippen LogP contribution >= 0.6 is 0 Å². The van der Waals surface area contributed by atoms with Gasteiger partial charge in [-0.2, -0.15) is 0 Å². The Hall–Kier alpha value is -0.570. The summed E-state index contributed by atoms with van der Waals surface area (Å²) >= 11 is 0. The van der Waals surface area contributed by atoms with Crippen LogP contribution in [0.2, 0.25) is 0 Å². The van der Waals surface area contributed by atoms with E-state index in [1.54, 1.807) is 0 Å². The van der Waals surface area contributed by atoms with Crippen molar-refractivity contribution in [3.63, 3.8) is 0 Å². The molecule has 1 heterocycles. The van der Waals surface area contributed by atoms with E-state index in [4.69, 9.17) is 0 Å². The maximum atomic E-state index is 11.7. The summed E-state index contributed by atoms with van der Waals surface area (Å²) in [6, 6.07) is 0.0416. The number of nitrogens with one attached hydrogen (secondary N) is 2. The van der Waals surface area contributed by atoms with Crippen molar-refractivity contribution in [3.05, 3.63) is 0 Å². The molecule has 0 saturated carbocycles. The van der Waals surface area contributed by atoms with Crippen molar-refractivity contribution >= 4 is 5.91 Å². The van der Waals surface area contributed by atoms with Crippen molar-refractivity contribution in [2.45, 2.75) is 46.6 Å². The lowest BCUT2D eigenvalue weighted by atomic mass is 9.92. The summed E-state index contributed by atoms with van der Waals surface area (Å²) in [5.74, 6) is 0.798. The van der Waals surface area contributed by atoms with Crippen molar-refractivity contribution in [1.82, 2.24) is 10.6 Å². The molecule has 2 atom stereocenters. The number of hydrogen-bond donors (Lipinski definition) is 2. The number of hydrogen-bond acceptors (Lipinski definition) is 2. The van der Waals surface area contributed by atoms with E-state index in [0.717, 1.165) is 25.9 Å². The van der Waals surface area contributed by atoms with Crippen LogP contribution in [0.25, 0.3) is 0 Å². The van der Waals surface area contributed by atoms with Crippen molar-refractivity contribution in [2.75, 3.05) is 13.1 Å². The van der Waals surface area contributed by atoms with Crippen LogP contribution in [0.15, 0.2) is 0 Å². The second-order valence-corrected chi connectivity index (χ2v) is 5.90. The normalized spacial score (nSPS) is 26.7. The Morgan fingerprint density at radius 2 is 2.13 bits per heavy atom. The van der Waals surface area contributed by atoms with Crippen LogP contribution in [-0.2, 0) is 4.79 Å². The molecule has 88 valence electrons. The molecule has 0 radical (unpaired) electrons. The molecule has 3 nitrogen and oxygen atoms in total. The van der Waals surface area contributed by atoms with Gasteiger partial charge in [-0.25, -0.2) is 0 Å². The first kappa shape index (κ1) is 12.5. The first-order valence-electron chi connectivity index (χ1n) is 5.89. The Morgan fingerprint density at radius 1 is 1.47 bits per heavy atom. The predicted molar refractivity (Wildman–Crippen MR) is 62.7 cm³/mol. The molecule has 2 N–H and O–H groups in total. The molecule has 1 fully saturated rings. The molecule has 1 rings (SSSR count). The second-order valence-electron chi connectivity index (χ2n) is 5.90. The van der Waals surface area contributed by atoms with Crippen molar-refractivity contribution in [3.8, 4) is 0 Å². The molecule has 1 aliphatic rings. The smallest absolute Gasteiger partial charge is 0.237 e. The summed E-state index contributed by atoms with van der Waals surface area (Å²) in [5, 5.41) is 6.24. The minimum Gasteiger partial charge on any atom is -0.355 e. The average Bonchev–Trinajstić information content (AvgIpc) is 2.49. The highest BCUT2D eigenvalue weighted by Crippen LogP contribution is 2.17. The quantitative estimate of drug-likeness (QED) is 0.745. The predicted octanol–water partition coefficient (Wildman–Crippen LogP) is 1.54. The molecule has 0 aromatic carbocycles. The molecule has 0 spiro atoms. The first-order chi connectivity index (χ1) is 6.88. The van der Waals surface area contributed by atoms with Gasteiger partial charge in [-0.05, 0) is 30.7 Å². The lowest BCUT2D eigenvalue weighted by Gasteiger charge is -2.19. The van der Waals surface area contributed by atoms with Crippen molar-refractivity contribution in [2.24, 2.45) is 11.3 Å². The monoisotopic (exact) mass is 212 g/mol. The largest absolute Gasteiger partial charge is 0.355 e. The van der Waals surface area contributed by atoms with Crippen LogP contribution in [0.1, 0.15) is 40.5 Å². The molecule has 0 aromatic rings. The lowest BCUT2D eigenvalue weighted by Crippen LogP contribution is -2.41. The number of carbonyl (C=O) groups excluding carboxylic acids is 1. The van der Waals surface area contributed by atoms with E-state index in [0.29, 0.717) is 11.3 Å². The van der Waals surface area contributed by atoms with Crippen LogP contribution in [0, 0.1) is 11.3 Å². The van der Waals surface area contributed by atoms with Gasteiger partial charge in [0.05, 0.1) is 6.04 Å². The molecule has 3 heteroatoms. The third-order valence-corrected chi connectivity index (χ3v) is 2.84. The number of amides is 1. The van der Waals surface area contributed by atoms with Gasteiger partial charge in [-0.1, -0.05) is 27.7 Å². The van der Waals surface area contributed by atoms with Gasteiger partial charge in [-0.3, -0.25) is 4.79 Å². The first-order valence-corrected chi connectivity index (χ1v) is 5.89. The molecular formula is C12H24N2O. The Labute approximate surface area is 93.0 Å². The maximum absolute atomic E-state index is 11.7. The lowest BCUT2D eigenvalue weighted by molar-refractivity contribution is -0.122. The zero-order valence-corrected chi connectivity index (χ0v) is 10.4. The van der Waals surface area contributed by atoms with E-state index in [2.05, 4.69) is 38.3 Å². The van der Waals surface area contributed by atoms with Gasteiger partial charge in [0.25, 0.3) is 0 Å². The molecule has 1 unspecified atom stereocenters. The highest BCUT2D eigenvalue weighted by atomic mass is 16.2. The molecular weight excluding hydrogens is 188 g/mol. The number of rotatable bonds is 3. The molecule has 1 aliphatic heterocycles.